The third kappa shape index (κ3) is 56.9. The molecule has 0 bridgehead atoms. The Hall–Kier alpha value is -3.93. The minimum atomic E-state index is -0.786. The molecule has 1 unspecified atom stereocenters. The van der Waals surface area contributed by atoms with Crippen LogP contribution in [0.1, 0.15) is 265 Å². The topological polar surface area (TPSA) is 78.9 Å². The molecule has 0 aromatic carbocycles. The van der Waals surface area contributed by atoms with Crippen LogP contribution in [0.5, 0.6) is 0 Å². The molecule has 0 fully saturated rings. The van der Waals surface area contributed by atoms with Crippen molar-refractivity contribution in [2.75, 3.05) is 13.2 Å². The van der Waals surface area contributed by atoms with Crippen molar-refractivity contribution in [2.45, 2.75) is 271 Å². The van der Waals surface area contributed by atoms with Gasteiger partial charge in [-0.25, -0.2) is 0 Å². The first-order valence-electron chi connectivity index (χ1n) is 29.4. The molecule has 71 heavy (non-hydrogen) atoms. The van der Waals surface area contributed by atoms with Crippen LogP contribution >= 0.6 is 0 Å². The summed E-state index contributed by atoms with van der Waals surface area (Å²) in [6.45, 7) is 6.47. The summed E-state index contributed by atoms with van der Waals surface area (Å²) in [7, 11) is 0. The summed E-state index contributed by atoms with van der Waals surface area (Å²) in [4.78, 5) is 38.0. The fraction of sp³-hybridized carbons (Fsp3) is 0.677. The van der Waals surface area contributed by atoms with Crippen molar-refractivity contribution in [1.29, 1.82) is 0 Å². The third-order valence-electron chi connectivity index (χ3n) is 12.3. The lowest BCUT2D eigenvalue weighted by Crippen LogP contribution is -2.30. The van der Waals surface area contributed by atoms with Crippen molar-refractivity contribution in [3.8, 4) is 0 Å². The number of esters is 3. The van der Waals surface area contributed by atoms with Crippen molar-refractivity contribution in [1.82, 2.24) is 0 Å². The van der Waals surface area contributed by atoms with Crippen LogP contribution in [-0.2, 0) is 28.6 Å². The largest absolute Gasteiger partial charge is 0.462 e. The summed E-state index contributed by atoms with van der Waals surface area (Å²) in [5.74, 6) is -0.912. The number of rotatable bonds is 52. The van der Waals surface area contributed by atoms with Crippen LogP contribution in [0.15, 0.2) is 109 Å². The molecule has 0 amide bonds. The maximum atomic E-state index is 12.8. The van der Waals surface area contributed by atoms with Crippen LogP contribution in [0, 0.1) is 0 Å². The van der Waals surface area contributed by atoms with E-state index in [1.165, 1.54) is 89.9 Å². The molecule has 0 rings (SSSR count). The van der Waals surface area contributed by atoms with Crippen molar-refractivity contribution in [2.24, 2.45) is 0 Å². The van der Waals surface area contributed by atoms with Gasteiger partial charge in [-0.2, -0.15) is 0 Å². The van der Waals surface area contributed by atoms with Gasteiger partial charge in [0.05, 0.1) is 0 Å². The molecule has 0 aliphatic heterocycles. The van der Waals surface area contributed by atoms with Crippen LogP contribution in [0.3, 0.4) is 0 Å². The van der Waals surface area contributed by atoms with Crippen molar-refractivity contribution in [3.05, 3.63) is 109 Å². The zero-order chi connectivity index (χ0) is 51.4. The molecular formula is C65H108O6. The van der Waals surface area contributed by atoms with Crippen molar-refractivity contribution in [3.63, 3.8) is 0 Å². The number of unbranched alkanes of at least 4 members (excludes halogenated alkanes) is 23. The third-order valence-corrected chi connectivity index (χ3v) is 12.3. The van der Waals surface area contributed by atoms with Gasteiger partial charge in [0.2, 0.25) is 0 Å². The second-order valence-corrected chi connectivity index (χ2v) is 19.2. The van der Waals surface area contributed by atoms with E-state index in [4.69, 9.17) is 14.2 Å². The smallest absolute Gasteiger partial charge is 0.306 e. The van der Waals surface area contributed by atoms with Gasteiger partial charge in [-0.1, -0.05) is 246 Å². The zero-order valence-corrected chi connectivity index (χ0v) is 46.2. The van der Waals surface area contributed by atoms with E-state index in [0.717, 1.165) is 135 Å². The van der Waals surface area contributed by atoms with E-state index in [-0.39, 0.29) is 31.1 Å². The predicted molar refractivity (Wildman–Crippen MR) is 307 cm³/mol. The Labute approximate surface area is 438 Å². The van der Waals surface area contributed by atoms with Gasteiger partial charge < -0.3 is 14.2 Å². The van der Waals surface area contributed by atoms with Gasteiger partial charge >= 0.3 is 17.9 Å². The van der Waals surface area contributed by atoms with Gasteiger partial charge in [-0.3, -0.25) is 14.4 Å². The number of hydrogen-bond acceptors (Lipinski definition) is 6. The van der Waals surface area contributed by atoms with Gasteiger partial charge in [-0.15, -0.1) is 0 Å². The predicted octanol–water partition coefficient (Wildman–Crippen LogP) is 19.9. The lowest BCUT2D eigenvalue weighted by atomic mass is 10.1. The molecule has 0 heterocycles. The van der Waals surface area contributed by atoms with E-state index >= 15 is 0 Å². The number of carbonyl (C=O) groups is 3. The Morgan fingerprint density at radius 2 is 0.549 bits per heavy atom. The first-order chi connectivity index (χ1) is 35.0. The second kappa shape index (κ2) is 58.6. The highest BCUT2D eigenvalue weighted by Gasteiger charge is 2.19. The number of allylic oxidation sites excluding steroid dienone is 18. The van der Waals surface area contributed by atoms with E-state index in [9.17, 15) is 14.4 Å². The van der Waals surface area contributed by atoms with E-state index in [0.29, 0.717) is 19.3 Å². The van der Waals surface area contributed by atoms with Gasteiger partial charge in [0.15, 0.2) is 6.10 Å². The summed E-state index contributed by atoms with van der Waals surface area (Å²) in [6.07, 6.45) is 79.5. The summed E-state index contributed by atoms with van der Waals surface area (Å²) in [5.41, 5.74) is 0. The quantitative estimate of drug-likeness (QED) is 0.0261. The van der Waals surface area contributed by atoms with Gasteiger partial charge in [0.25, 0.3) is 0 Å². The van der Waals surface area contributed by atoms with E-state index < -0.39 is 6.10 Å². The fourth-order valence-corrected chi connectivity index (χ4v) is 7.86. The Morgan fingerprint density at radius 1 is 0.296 bits per heavy atom. The molecule has 0 saturated carbocycles. The minimum absolute atomic E-state index is 0.0850. The zero-order valence-electron chi connectivity index (χ0n) is 46.2. The Morgan fingerprint density at radius 3 is 0.887 bits per heavy atom. The van der Waals surface area contributed by atoms with Gasteiger partial charge in [0, 0.05) is 19.3 Å². The standard InChI is InChI=1S/C65H108O6/c1-4-7-10-13-16-19-21-23-24-25-26-27-28-29-30-31-32-33-34-35-36-37-38-39-40-42-43-46-49-52-55-58-64(67)70-61-62(60-69-63(66)57-54-51-48-45-18-15-12-9-6-3)71-65(68)59-56-53-50-47-44-41-22-20-17-14-11-8-5-2/h7,10,16,19-20,22-24,26-27,29-30,32-33,35-36,38-39,62H,4-6,8-9,11-15,17-18,21,25,28,31,34,37,40-61H2,1-3H3/b10-7-,19-16-,22-20-,24-23-,27-26-,30-29-,33-32-,36-35-,39-38-. The average molecular weight is 986 g/mol. The molecule has 0 aromatic rings. The van der Waals surface area contributed by atoms with Crippen LogP contribution < -0.4 is 0 Å². The molecule has 0 spiro atoms. The lowest BCUT2D eigenvalue weighted by Gasteiger charge is -2.18. The summed E-state index contributed by atoms with van der Waals surface area (Å²) in [6, 6.07) is 0. The average Bonchev–Trinajstić information content (AvgIpc) is 3.37. The first kappa shape index (κ1) is 67.1. The molecule has 0 saturated heterocycles. The van der Waals surface area contributed by atoms with Gasteiger partial charge in [0.1, 0.15) is 13.2 Å². The molecule has 0 aromatic heterocycles. The molecule has 0 aliphatic carbocycles. The molecule has 404 valence electrons. The number of carbonyl (C=O) groups excluding carboxylic acids is 3. The highest BCUT2D eigenvalue weighted by atomic mass is 16.6. The lowest BCUT2D eigenvalue weighted by molar-refractivity contribution is -0.167. The summed E-state index contributed by atoms with van der Waals surface area (Å²) >= 11 is 0. The number of hydrogen-bond donors (Lipinski definition) is 0. The first-order valence-corrected chi connectivity index (χ1v) is 29.4. The highest BCUT2D eigenvalue weighted by molar-refractivity contribution is 5.71. The minimum Gasteiger partial charge on any atom is -0.462 e. The normalized spacial score (nSPS) is 12.9. The van der Waals surface area contributed by atoms with Crippen LogP contribution in [0.4, 0.5) is 0 Å². The number of ether oxygens (including phenoxy) is 3. The molecule has 0 radical (unpaired) electrons. The summed E-state index contributed by atoms with van der Waals surface area (Å²) in [5, 5.41) is 0. The Bertz CT molecular complexity index is 1460. The molecule has 0 aliphatic rings. The maximum Gasteiger partial charge on any atom is 0.306 e. The highest BCUT2D eigenvalue weighted by Crippen LogP contribution is 2.14. The molecule has 6 heteroatoms. The van der Waals surface area contributed by atoms with E-state index in [2.05, 4.69) is 130 Å². The van der Waals surface area contributed by atoms with Gasteiger partial charge in [-0.05, 0) is 109 Å². The Balaban J connectivity index is 4.23. The molecule has 6 nitrogen and oxygen atoms in total. The van der Waals surface area contributed by atoms with Crippen LogP contribution in [0.25, 0.3) is 0 Å². The van der Waals surface area contributed by atoms with E-state index in [1.807, 2.05) is 0 Å². The fourth-order valence-electron chi connectivity index (χ4n) is 7.86. The SMILES string of the molecule is CC/C=C\C/C=C\C/C=C\C/C=C\C/C=C\C/C=C\C/C=C\C/C=C\CCCCCCCCC(=O)OCC(COC(=O)CCCCCCCCCCC)OC(=O)CCCCCCC/C=C\CCCCCC. The monoisotopic (exact) mass is 985 g/mol. The summed E-state index contributed by atoms with van der Waals surface area (Å²) < 4.78 is 16.8. The van der Waals surface area contributed by atoms with Crippen LogP contribution in [0.2, 0.25) is 0 Å². The molecular weight excluding hydrogens is 877 g/mol. The van der Waals surface area contributed by atoms with Crippen molar-refractivity contribution < 1.29 is 28.6 Å². The van der Waals surface area contributed by atoms with Crippen molar-refractivity contribution >= 4 is 17.9 Å². The van der Waals surface area contributed by atoms with Crippen LogP contribution in [-0.4, -0.2) is 37.2 Å². The van der Waals surface area contributed by atoms with E-state index in [1.54, 1.807) is 0 Å². The molecule has 0 N–H and O–H groups in total. The Kier molecular flexibility index (Phi) is 55.4. The maximum absolute atomic E-state index is 12.8. The second-order valence-electron chi connectivity index (χ2n) is 19.2. The molecule has 1 atom stereocenters.